The number of rotatable bonds is 2. The standard InChI is InChI=1S/C18H15N3/c1-2-6-13(7-3-1)10-20-18-14-8-4-5-9-16(14)21-17-12-19-11-15(17)18/h1-10,19H,11-12H2. The van der Waals surface area contributed by atoms with Crippen molar-refractivity contribution in [1.82, 2.24) is 10.3 Å². The number of para-hydroxylation sites is 1. The monoisotopic (exact) mass is 273 g/mol. The van der Waals surface area contributed by atoms with Gasteiger partial charge in [-0.25, -0.2) is 0 Å². The number of benzene rings is 2. The smallest absolute Gasteiger partial charge is 0.0787 e. The van der Waals surface area contributed by atoms with Gasteiger partial charge in [-0.05, 0) is 11.6 Å². The van der Waals surface area contributed by atoms with Gasteiger partial charge in [0.2, 0.25) is 0 Å². The molecule has 0 radical (unpaired) electrons. The van der Waals surface area contributed by atoms with Crippen molar-refractivity contribution in [3.63, 3.8) is 0 Å². The predicted octanol–water partition coefficient (Wildman–Crippen LogP) is 3.59. The van der Waals surface area contributed by atoms with Crippen LogP contribution < -0.4 is 5.32 Å². The molecule has 1 aliphatic heterocycles. The number of aromatic nitrogens is 1. The summed E-state index contributed by atoms with van der Waals surface area (Å²) in [7, 11) is 0. The highest BCUT2D eigenvalue weighted by molar-refractivity contribution is 5.95. The summed E-state index contributed by atoms with van der Waals surface area (Å²) in [5.74, 6) is 0. The van der Waals surface area contributed by atoms with Gasteiger partial charge in [-0.2, -0.15) is 0 Å². The van der Waals surface area contributed by atoms with Crippen LogP contribution in [0.3, 0.4) is 0 Å². The fourth-order valence-corrected chi connectivity index (χ4v) is 2.75. The maximum Gasteiger partial charge on any atom is 0.0787 e. The van der Waals surface area contributed by atoms with Gasteiger partial charge < -0.3 is 5.32 Å². The lowest BCUT2D eigenvalue weighted by Gasteiger charge is -2.07. The average Bonchev–Trinajstić information content (AvgIpc) is 3.00. The minimum Gasteiger partial charge on any atom is -0.307 e. The number of nitrogens with one attached hydrogen (secondary N) is 1. The molecule has 4 rings (SSSR count). The molecule has 21 heavy (non-hydrogen) atoms. The molecule has 0 atom stereocenters. The van der Waals surface area contributed by atoms with Crippen molar-refractivity contribution in [1.29, 1.82) is 0 Å². The minimum atomic E-state index is 0.827. The van der Waals surface area contributed by atoms with Crippen LogP contribution in [0.4, 0.5) is 5.69 Å². The number of aliphatic imine (C=N–C) groups is 1. The van der Waals surface area contributed by atoms with E-state index in [1.165, 1.54) is 5.56 Å². The lowest BCUT2D eigenvalue weighted by Crippen LogP contribution is -2.00. The Morgan fingerprint density at radius 3 is 2.67 bits per heavy atom. The number of pyridine rings is 1. The molecule has 0 aliphatic carbocycles. The van der Waals surface area contributed by atoms with Crippen molar-refractivity contribution in [2.75, 3.05) is 0 Å². The highest BCUT2D eigenvalue weighted by Gasteiger charge is 2.18. The van der Waals surface area contributed by atoms with E-state index in [4.69, 9.17) is 9.98 Å². The Kier molecular flexibility index (Phi) is 2.98. The van der Waals surface area contributed by atoms with Crippen LogP contribution in [0.2, 0.25) is 0 Å². The Bertz CT molecular complexity index is 822. The zero-order valence-corrected chi connectivity index (χ0v) is 11.6. The maximum atomic E-state index is 4.77. The van der Waals surface area contributed by atoms with Gasteiger partial charge in [0.15, 0.2) is 0 Å². The van der Waals surface area contributed by atoms with Gasteiger partial charge in [0.1, 0.15) is 0 Å². The zero-order valence-electron chi connectivity index (χ0n) is 11.6. The van der Waals surface area contributed by atoms with Gasteiger partial charge in [-0.1, -0.05) is 48.5 Å². The molecule has 1 N–H and O–H groups in total. The summed E-state index contributed by atoms with van der Waals surface area (Å²) < 4.78 is 0. The molecule has 102 valence electrons. The summed E-state index contributed by atoms with van der Waals surface area (Å²) in [6.45, 7) is 1.67. The summed E-state index contributed by atoms with van der Waals surface area (Å²) in [6, 6.07) is 18.4. The highest BCUT2D eigenvalue weighted by atomic mass is 14.9. The molecule has 0 saturated heterocycles. The first-order valence-electron chi connectivity index (χ1n) is 7.12. The molecule has 0 amide bonds. The first kappa shape index (κ1) is 12.2. The van der Waals surface area contributed by atoms with Gasteiger partial charge in [0.05, 0.1) is 16.9 Å². The lowest BCUT2D eigenvalue weighted by atomic mass is 10.1. The number of hydrogen-bond acceptors (Lipinski definition) is 3. The predicted molar refractivity (Wildman–Crippen MR) is 86.0 cm³/mol. The average molecular weight is 273 g/mol. The fraction of sp³-hybridized carbons (Fsp3) is 0.111. The van der Waals surface area contributed by atoms with Crippen molar-refractivity contribution in [3.8, 4) is 0 Å². The van der Waals surface area contributed by atoms with Crippen LogP contribution in [0.15, 0.2) is 59.6 Å². The molecule has 3 heteroatoms. The third-order valence-corrected chi connectivity index (χ3v) is 3.79. The minimum absolute atomic E-state index is 0.827. The van der Waals surface area contributed by atoms with Crippen LogP contribution >= 0.6 is 0 Å². The second-order valence-corrected chi connectivity index (χ2v) is 5.18. The number of fused-ring (bicyclic) bond motifs is 2. The van der Waals surface area contributed by atoms with Crippen molar-refractivity contribution in [3.05, 3.63) is 71.4 Å². The Labute approximate surface area is 123 Å². The third kappa shape index (κ3) is 2.22. The van der Waals surface area contributed by atoms with Crippen molar-refractivity contribution in [2.45, 2.75) is 13.1 Å². The van der Waals surface area contributed by atoms with E-state index in [1.54, 1.807) is 0 Å². The molecule has 3 nitrogen and oxygen atoms in total. The Morgan fingerprint density at radius 1 is 0.952 bits per heavy atom. The van der Waals surface area contributed by atoms with Crippen LogP contribution in [0, 0.1) is 0 Å². The molecular formula is C18H15N3. The van der Waals surface area contributed by atoms with E-state index in [2.05, 4.69) is 29.6 Å². The van der Waals surface area contributed by atoms with Crippen LogP contribution in [0.5, 0.6) is 0 Å². The Hall–Kier alpha value is -2.52. The number of hydrogen-bond donors (Lipinski definition) is 1. The third-order valence-electron chi connectivity index (χ3n) is 3.79. The number of nitrogens with zero attached hydrogens (tertiary/aromatic N) is 2. The summed E-state index contributed by atoms with van der Waals surface area (Å²) >= 11 is 0. The highest BCUT2D eigenvalue weighted by Crippen LogP contribution is 2.33. The maximum absolute atomic E-state index is 4.77. The van der Waals surface area contributed by atoms with E-state index in [9.17, 15) is 0 Å². The summed E-state index contributed by atoms with van der Waals surface area (Å²) in [6.07, 6.45) is 1.93. The second kappa shape index (κ2) is 5.11. The fourth-order valence-electron chi connectivity index (χ4n) is 2.75. The van der Waals surface area contributed by atoms with Crippen LogP contribution in [-0.2, 0) is 13.1 Å². The summed E-state index contributed by atoms with van der Waals surface area (Å²) in [5.41, 5.74) is 5.51. The molecule has 0 unspecified atom stereocenters. The molecule has 1 aliphatic rings. The van der Waals surface area contributed by atoms with Crippen molar-refractivity contribution >= 4 is 22.8 Å². The van der Waals surface area contributed by atoms with Crippen molar-refractivity contribution < 1.29 is 0 Å². The second-order valence-electron chi connectivity index (χ2n) is 5.18. The van der Waals surface area contributed by atoms with E-state index >= 15 is 0 Å². The molecule has 0 bridgehead atoms. The van der Waals surface area contributed by atoms with Crippen LogP contribution in [-0.4, -0.2) is 11.2 Å². The Morgan fingerprint density at radius 2 is 1.76 bits per heavy atom. The van der Waals surface area contributed by atoms with Crippen molar-refractivity contribution in [2.24, 2.45) is 4.99 Å². The SMILES string of the molecule is C(=Nc1c2c(nc3ccccc13)CNC2)c1ccccc1. The van der Waals surface area contributed by atoms with Crippen LogP contribution in [0.1, 0.15) is 16.8 Å². The summed E-state index contributed by atoms with van der Waals surface area (Å²) in [5, 5.41) is 4.48. The van der Waals surface area contributed by atoms with Gasteiger partial charge in [0.25, 0.3) is 0 Å². The molecule has 0 fully saturated rings. The van der Waals surface area contributed by atoms with Crippen LogP contribution in [0.25, 0.3) is 10.9 Å². The molecule has 2 heterocycles. The van der Waals surface area contributed by atoms with Gasteiger partial charge in [-0.15, -0.1) is 0 Å². The van der Waals surface area contributed by atoms with E-state index < -0.39 is 0 Å². The lowest BCUT2D eigenvalue weighted by molar-refractivity contribution is 0.758. The molecule has 0 saturated carbocycles. The summed E-state index contributed by atoms with van der Waals surface area (Å²) in [4.78, 5) is 9.51. The molecule has 3 aromatic rings. The van der Waals surface area contributed by atoms with E-state index in [1.807, 2.05) is 36.5 Å². The molecular weight excluding hydrogens is 258 g/mol. The van der Waals surface area contributed by atoms with E-state index in [0.717, 1.165) is 40.9 Å². The van der Waals surface area contributed by atoms with Gasteiger partial charge in [0, 0.05) is 30.3 Å². The van der Waals surface area contributed by atoms with Gasteiger partial charge in [-0.3, -0.25) is 9.98 Å². The largest absolute Gasteiger partial charge is 0.307 e. The molecule has 2 aromatic carbocycles. The van der Waals surface area contributed by atoms with Gasteiger partial charge >= 0.3 is 0 Å². The normalized spacial score (nSPS) is 13.9. The quantitative estimate of drug-likeness (QED) is 0.724. The Balaban J connectivity index is 1.89. The molecule has 1 aromatic heterocycles. The zero-order chi connectivity index (χ0) is 14.1. The topological polar surface area (TPSA) is 37.3 Å². The first-order chi connectivity index (χ1) is 10.4. The first-order valence-corrected chi connectivity index (χ1v) is 7.12. The van der Waals surface area contributed by atoms with E-state index in [0.29, 0.717) is 0 Å². The molecule has 0 spiro atoms. The van der Waals surface area contributed by atoms with E-state index in [-0.39, 0.29) is 0 Å².